The summed E-state index contributed by atoms with van der Waals surface area (Å²) in [5, 5.41) is 0. The van der Waals surface area contributed by atoms with E-state index in [2.05, 4.69) is 17.1 Å². The van der Waals surface area contributed by atoms with E-state index in [0.29, 0.717) is 0 Å². The Kier molecular flexibility index (Phi) is 2.92. The maximum absolute atomic E-state index is 11.2. The Morgan fingerprint density at radius 2 is 1.93 bits per heavy atom. The van der Waals surface area contributed by atoms with Gasteiger partial charge in [0.2, 0.25) is 5.56 Å². The van der Waals surface area contributed by atoms with Crippen LogP contribution in [0.15, 0.2) is 52.2 Å². The second kappa shape index (κ2) is 4.36. The van der Waals surface area contributed by atoms with Crippen molar-refractivity contribution in [2.75, 3.05) is 6.26 Å². The molecule has 76 valence electrons. The van der Waals surface area contributed by atoms with Crippen molar-refractivity contribution in [1.29, 1.82) is 0 Å². The highest BCUT2D eigenvalue weighted by Crippen LogP contribution is 2.21. The molecule has 1 N–H and O–H groups in total. The topological polar surface area (TPSA) is 32.9 Å². The first-order valence-electron chi connectivity index (χ1n) is 4.63. The highest BCUT2D eigenvalue weighted by molar-refractivity contribution is 7.98. The van der Waals surface area contributed by atoms with Crippen LogP contribution in [0.25, 0.3) is 11.3 Å². The fourth-order valence-electron chi connectivity index (χ4n) is 1.41. The van der Waals surface area contributed by atoms with Gasteiger partial charge in [-0.3, -0.25) is 4.79 Å². The molecule has 2 nitrogen and oxygen atoms in total. The van der Waals surface area contributed by atoms with Crippen molar-refractivity contribution in [2.24, 2.45) is 0 Å². The number of hydrogen-bond donors (Lipinski definition) is 1. The Morgan fingerprint density at radius 1 is 1.13 bits per heavy atom. The lowest BCUT2D eigenvalue weighted by Gasteiger charge is -2.02. The molecule has 15 heavy (non-hydrogen) atoms. The maximum atomic E-state index is 11.2. The molecule has 0 spiro atoms. The fourth-order valence-corrected chi connectivity index (χ4v) is 1.87. The molecule has 3 heteroatoms. The lowest BCUT2D eigenvalue weighted by atomic mass is 10.1. The van der Waals surface area contributed by atoms with Gasteiger partial charge < -0.3 is 4.98 Å². The Bertz CT molecular complexity index is 519. The summed E-state index contributed by atoms with van der Waals surface area (Å²) < 4.78 is 0. The van der Waals surface area contributed by atoms with Gasteiger partial charge in [0.1, 0.15) is 0 Å². The first-order valence-corrected chi connectivity index (χ1v) is 5.86. The van der Waals surface area contributed by atoms with E-state index in [-0.39, 0.29) is 5.56 Å². The minimum Gasteiger partial charge on any atom is -0.322 e. The summed E-state index contributed by atoms with van der Waals surface area (Å²) in [5.74, 6) is 0. The molecule has 0 saturated carbocycles. The van der Waals surface area contributed by atoms with Crippen LogP contribution in [0.2, 0.25) is 0 Å². The van der Waals surface area contributed by atoms with E-state index in [1.54, 1.807) is 17.8 Å². The number of rotatable bonds is 2. The van der Waals surface area contributed by atoms with Gasteiger partial charge in [0, 0.05) is 16.7 Å². The van der Waals surface area contributed by atoms with Crippen LogP contribution in [0.1, 0.15) is 0 Å². The van der Waals surface area contributed by atoms with Gasteiger partial charge in [-0.05, 0) is 30.0 Å². The third-order valence-electron chi connectivity index (χ3n) is 2.15. The Morgan fingerprint density at radius 3 is 2.67 bits per heavy atom. The number of aromatic amines is 1. The minimum atomic E-state index is -0.0675. The van der Waals surface area contributed by atoms with Crippen LogP contribution in [0.4, 0.5) is 0 Å². The number of hydrogen-bond acceptors (Lipinski definition) is 2. The molecule has 0 aliphatic rings. The van der Waals surface area contributed by atoms with Crippen LogP contribution >= 0.6 is 11.8 Å². The van der Waals surface area contributed by atoms with Gasteiger partial charge in [0.15, 0.2) is 0 Å². The summed E-state index contributed by atoms with van der Waals surface area (Å²) in [6, 6.07) is 13.3. The van der Waals surface area contributed by atoms with E-state index in [1.165, 1.54) is 11.0 Å². The van der Waals surface area contributed by atoms with Crippen molar-refractivity contribution in [2.45, 2.75) is 4.90 Å². The predicted molar refractivity (Wildman–Crippen MR) is 64.3 cm³/mol. The van der Waals surface area contributed by atoms with Crippen LogP contribution in [0.5, 0.6) is 0 Å². The Hall–Kier alpha value is -1.48. The number of H-pyrrole nitrogens is 1. The SMILES string of the molecule is CSc1cccc(-c2cccc(=O)[nH]2)c1. The summed E-state index contributed by atoms with van der Waals surface area (Å²) in [5.41, 5.74) is 1.83. The largest absolute Gasteiger partial charge is 0.322 e. The van der Waals surface area contributed by atoms with Gasteiger partial charge in [0.05, 0.1) is 0 Å². The van der Waals surface area contributed by atoms with Crippen LogP contribution in [-0.2, 0) is 0 Å². The van der Waals surface area contributed by atoms with Gasteiger partial charge in [0.25, 0.3) is 0 Å². The fraction of sp³-hybridized carbons (Fsp3) is 0.0833. The molecule has 1 aromatic carbocycles. The van der Waals surface area contributed by atoms with E-state index >= 15 is 0 Å². The zero-order valence-corrected chi connectivity index (χ0v) is 9.17. The quantitative estimate of drug-likeness (QED) is 0.785. The van der Waals surface area contributed by atoms with Crippen LogP contribution in [0, 0.1) is 0 Å². The van der Waals surface area contributed by atoms with Crippen molar-refractivity contribution in [3.8, 4) is 11.3 Å². The summed E-state index contributed by atoms with van der Waals surface area (Å²) in [7, 11) is 0. The first-order chi connectivity index (χ1) is 7.29. The molecule has 0 amide bonds. The molecule has 1 aromatic heterocycles. The molecular weight excluding hydrogens is 206 g/mol. The van der Waals surface area contributed by atoms with Gasteiger partial charge in [-0.15, -0.1) is 11.8 Å². The molecule has 0 radical (unpaired) electrons. The molecule has 0 aliphatic heterocycles. The average molecular weight is 217 g/mol. The summed E-state index contributed by atoms with van der Waals surface area (Å²) in [4.78, 5) is 15.2. The maximum Gasteiger partial charge on any atom is 0.248 e. The molecule has 2 rings (SSSR count). The van der Waals surface area contributed by atoms with Crippen LogP contribution in [-0.4, -0.2) is 11.2 Å². The normalized spacial score (nSPS) is 10.2. The Labute approximate surface area is 92.4 Å². The molecule has 0 atom stereocenters. The third kappa shape index (κ3) is 2.30. The van der Waals surface area contributed by atoms with E-state index in [1.807, 2.05) is 24.5 Å². The number of aromatic nitrogens is 1. The summed E-state index contributed by atoms with van der Waals surface area (Å²) in [6.45, 7) is 0. The van der Waals surface area contributed by atoms with E-state index < -0.39 is 0 Å². The number of pyridine rings is 1. The minimum absolute atomic E-state index is 0.0675. The molecule has 0 aliphatic carbocycles. The highest BCUT2D eigenvalue weighted by Gasteiger charge is 1.98. The van der Waals surface area contributed by atoms with Gasteiger partial charge in [-0.1, -0.05) is 18.2 Å². The van der Waals surface area contributed by atoms with Crippen molar-refractivity contribution >= 4 is 11.8 Å². The molecule has 0 fully saturated rings. The first kappa shape index (κ1) is 10.1. The molecule has 0 saturated heterocycles. The molecule has 1 heterocycles. The third-order valence-corrected chi connectivity index (χ3v) is 2.87. The van der Waals surface area contributed by atoms with Crippen molar-refractivity contribution in [3.05, 3.63) is 52.8 Å². The zero-order chi connectivity index (χ0) is 10.7. The van der Waals surface area contributed by atoms with Crippen molar-refractivity contribution in [1.82, 2.24) is 4.98 Å². The van der Waals surface area contributed by atoms with Crippen molar-refractivity contribution < 1.29 is 0 Å². The number of thioether (sulfide) groups is 1. The second-order valence-electron chi connectivity index (χ2n) is 3.16. The molecular formula is C12H11NOS. The summed E-state index contributed by atoms with van der Waals surface area (Å²) >= 11 is 1.69. The standard InChI is InChI=1S/C12H11NOS/c1-15-10-5-2-4-9(8-10)11-6-3-7-12(14)13-11/h2-8H,1H3,(H,13,14). The summed E-state index contributed by atoms with van der Waals surface area (Å²) in [6.07, 6.45) is 2.03. The van der Waals surface area contributed by atoms with Gasteiger partial charge in [-0.25, -0.2) is 0 Å². The van der Waals surface area contributed by atoms with Crippen molar-refractivity contribution in [3.63, 3.8) is 0 Å². The second-order valence-corrected chi connectivity index (χ2v) is 4.04. The number of nitrogens with one attached hydrogen (secondary N) is 1. The molecule has 0 bridgehead atoms. The monoisotopic (exact) mass is 217 g/mol. The van der Waals surface area contributed by atoms with Crippen LogP contribution < -0.4 is 5.56 Å². The van der Waals surface area contributed by atoms with Crippen LogP contribution in [0.3, 0.4) is 0 Å². The lowest BCUT2D eigenvalue weighted by Crippen LogP contribution is -2.03. The zero-order valence-electron chi connectivity index (χ0n) is 8.36. The lowest BCUT2D eigenvalue weighted by molar-refractivity contribution is 1.24. The number of benzene rings is 1. The molecule has 0 unspecified atom stereocenters. The van der Waals surface area contributed by atoms with E-state index in [0.717, 1.165) is 11.3 Å². The van der Waals surface area contributed by atoms with Gasteiger partial charge >= 0.3 is 0 Å². The van der Waals surface area contributed by atoms with E-state index in [9.17, 15) is 4.79 Å². The highest BCUT2D eigenvalue weighted by atomic mass is 32.2. The Balaban J connectivity index is 2.49. The molecule has 2 aromatic rings. The predicted octanol–water partition coefficient (Wildman–Crippen LogP) is 2.76. The average Bonchev–Trinajstić information content (AvgIpc) is 2.29. The van der Waals surface area contributed by atoms with Gasteiger partial charge in [-0.2, -0.15) is 0 Å². The smallest absolute Gasteiger partial charge is 0.248 e. The van der Waals surface area contributed by atoms with E-state index in [4.69, 9.17) is 0 Å².